The van der Waals surface area contributed by atoms with Crippen LogP contribution < -0.4 is 10.2 Å². The smallest absolute Gasteiger partial charge is 0.277 e. The molecule has 0 fully saturated rings. The number of amides is 1. The number of hydrazone groups is 1. The Morgan fingerprint density at radius 3 is 3.00 bits per heavy atom. The zero-order valence-corrected chi connectivity index (χ0v) is 10.4. The van der Waals surface area contributed by atoms with E-state index in [4.69, 9.17) is 14.4 Å². The van der Waals surface area contributed by atoms with E-state index in [9.17, 15) is 4.79 Å². The zero-order chi connectivity index (χ0) is 14.2. The Balaban J connectivity index is 1.82. The largest absolute Gasteiger partial charge is 0.482 e. The minimum atomic E-state index is -0.430. The number of carbonyl (C=O) groups is 1. The van der Waals surface area contributed by atoms with Crippen molar-refractivity contribution in [2.24, 2.45) is 5.10 Å². The lowest BCUT2D eigenvalue weighted by molar-refractivity contribution is -0.123. The van der Waals surface area contributed by atoms with Crippen LogP contribution in [0.2, 0.25) is 0 Å². The zero-order valence-electron chi connectivity index (χ0n) is 10.4. The fraction of sp³-hybridized carbons (Fsp3) is 0.0714. The Kier molecular flexibility index (Phi) is 4.51. The maximum absolute atomic E-state index is 11.5. The molecule has 0 radical (unpaired) electrons. The SMILES string of the molecule is N#Cc1ccccc1OCC(=O)NN=Cc1ccco1. The fourth-order valence-corrected chi connectivity index (χ4v) is 1.39. The van der Waals surface area contributed by atoms with Gasteiger partial charge in [0.05, 0.1) is 18.0 Å². The lowest BCUT2D eigenvalue weighted by Gasteiger charge is -2.05. The van der Waals surface area contributed by atoms with Gasteiger partial charge in [-0.3, -0.25) is 4.79 Å². The van der Waals surface area contributed by atoms with Crippen molar-refractivity contribution < 1.29 is 13.9 Å². The predicted octanol–water partition coefficient (Wildman–Crippen LogP) is 1.68. The Bertz CT molecular complexity index is 642. The molecule has 6 nitrogen and oxygen atoms in total. The van der Waals surface area contributed by atoms with Crippen molar-refractivity contribution in [1.82, 2.24) is 5.43 Å². The minimum absolute atomic E-state index is 0.228. The monoisotopic (exact) mass is 269 g/mol. The first-order valence-electron chi connectivity index (χ1n) is 5.77. The Labute approximate surface area is 115 Å². The molecule has 2 rings (SSSR count). The third kappa shape index (κ3) is 3.71. The molecule has 1 N–H and O–H groups in total. The number of carbonyl (C=O) groups excluding carboxylic acids is 1. The Hall–Kier alpha value is -3.07. The van der Waals surface area contributed by atoms with Crippen LogP contribution in [0.3, 0.4) is 0 Å². The average Bonchev–Trinajstić information content (AvgIpc) is 2.98. The van der Waals surface area contributed by atoms with Crippen LogP contribution in [0.1, 0.15) is 11.3 Å². The number of ether oxygens (including phenoxy) is 1. The summed E-state index contributed by atoms with van der Waals surface area (Å²) in [6.45, 7) is -0.228. The number of para-hydroxylation sites is 1. The van der Waals surface area contributed by atoms with E-state index in [2.05, 4.69) is 10.5 Å². The number of hydrogen-bond acceptors (Lipinski definition) is 5. The summed E-state index contributed by atoms with van der Waals surface area (Å²) in [7, 11) is 0. The van der Waals surface area contributed by atoms with E-state index < -0.39 is 5.91 Å². The molecule has 100 valence electrons. The number of furan rings is 1. The van der Waals surface area contributed by atoms with Gasteiger partial charge in [0.25, 0.3) is 5.91 Å². The van der Waals surface area contributed by atoms with E-state index in [0.717, 1.165) is 0 Å². The number of rotatable bonds is 5. The van der Waals surface area contributed by atoms with E-state index in [1.54, 1.807) is 36.4 Å². The normalized spacial score (nSPS) is 10.2. The molecule has 0 saturated carbocycles. The highest BCUT2D eigenvalue weighted by molar-refractivity contribution is 5.81. The highest BCUT2D eigenvalue weighted by atomic mass is 16.5. The van der Waals surface area contributed by atoms with Crippen LogP contribution in [0.5, 0.6) is 5.75 Å². The summed E-state index contributed by atoms with van der Waals surface area (Å²) in [6.07, 6.45) is 2.88. The van der Waals surface area contributed by atoms with Crippen molar-refractivity contribution in [1.29, 1.82) is 5.26 Å². The molecular formula is C14H11N3O3. The first-order chi connectivity index (χ1) is 9.79. The average molecular weight is 269 g/mol. The number of nitrogens with zero attached hydrogens (tertiary/aromatic N) is 2. The second-order valence-corrected chi connectivity index (χ2v) is 3.71. The summed E-state index contributed by atoms with van der Waals surface area (Å²) in [5.74, 6) is 0.460. The second-order valence-electron chi connectivity index (χ2n) is 3.71. The standard InChI is InChI=1S/C14H11N3O3/c15-8-11-4-1-2-6-13(11)20-10-14(18)17-16-9-12-5-3-7-19-12/h1-7,9H,10H2,(H,17,18). The van der Waals surface area contributed by atoms with Gasteiger partial charge in [0.1, 0.15) is 17.6 Å². The Morgan fingerprint density at radius 2 is 2.25 bits per heavy atom. The van der Waals surface area contributed by atoms with Crippen molar-refractivity contribution >= 4 is 12.1 Å². The minimum Gasteiger partial charge on any atom is -0.482 e. The molecule has 0 bridgehead atoms. The summed E-state index contributed by atoms with van der Waals surface area (Å²) in [5.41, 5.74) is 2.67. The maximum atomic E-state index is 11.5. The van der Waals surface area contributed by atoms with Gasteiger partial charge in [-0.25, -0.2) is 5.43 Å². The third-order valence-electron chi connectivity index (χ3n) is 2.29. The van der Waals surface area contributed by atoms with Crippen LogP contribution in [0.4, 0.5) is 0 Å². The second kappa shape index (κ2) is 6.75. The first-order valence-corrected chi connectivity index (χ1v) is 5.77. The molecule has 20 heavy (non-hydrogen) atoms. The highest BCUT2D eigenvalue weighted by Crippen LogP contribution is 2.15. The quantitative estimate of drug-likeness (QED) is 0.660. The van der Waals surface area contributed by atoms with Crippen molar-refractivity contribution in [3.05, 3.63) is 54.0 Å². The van der Waals surface area contributed by atoms with Gasteiger partial charge in [-0.2, -0.15) is 10.4 Å². The van der Waals surface area contributed by atoms with E-state index in [0.29, 0.717) is 17.1 Å². The summed E-state index contributed by atoms with van der Waals surface area (Å²) >= 11 is 0. The van der Waals surface area contributed by atoms with E-state index in [1.165, 1.54) is 12.5 Å². The Morgan fingerprint density at radius 1 is 1.40 bits per heavy atom. The van der Waals surface area contributed by atoms with Crippen LogP contribution in [0.15, 0.2) is 52.2 Å². The molecule has 6 heteroatoms. The molecule has 0 aliphatic rings. The fourth-order valence-electron chi connectivity index (χ4n) is 1.39. The van der Waals surface area contributed by atoms with Gasteiger partial charge in [-0.05, 0) is 24.3 Å². The molecule has 0 spiro atoms. The predicted molar refractivity (Wildman–Crippen MR) is 71.1 cm³/mol. The third-order valence-corrected chi connectivity index (χ3v) is 2.29. The summed E-state index contributed by atoms with van der Waals surface area (Å²) in [5, 5.41) is 12.6. The summed E-state index contributed by atoms with van der Waals surface area (Å²) in [4.78, 5) is 11.5. The summed E-state index contributed by atoms with van der Waals surface area (Å²) < 4.78 is 10.3. The van der Waals surface area contributed by atoms with E-state index in [1.807, 2.05) is 6.07 Å². The molecule has 1 amide bonds. The topological polar surface area (TPSA) is 87.6 Å². The molecule has 1 aromatic heterocycles. The lowest BCUT2D eigenvalue weighted by Crippen LogP contribution is -2.24. The van der Waals surface area contributed by atoms with Crippen LogP contribution >= 0.6 is 0 Å². The van der Waals surface area contributed by atoms with Crippen molar-refractivity contribution in [2.45, 2.75) is 0 Å². The maximum Gasteiger partial charge on any atom is 0.277 e. The van der Waals surface area contributed by atoms with Crippen LogP contribution in [-0.2, 0) is 4.79 Å². The number of nitrogens with one attached hydrogen (secondary N) is 1. The molecule has 0 aliphatic carbocycles. The van der Waals surface area contributed by atoms with Gasteiger partial charge in [-0.1, -0.05) is 12.1 Å². The van der Waals surface area contributed by atoms with Crippen molar-refractivity contribution in [2.75, 3.05) is 6.61 Å². The summed E-state index contributed by atoms with van der Waals surface area (Å²) in [6, 6.07) is 12.1. The van der Waals surface area contributed by atoms with Gasteiger partial charge in [0.15, 0.2) is 6.61 Å². The number of benzene rings is 1. The highest BCUT2D eigenvalue weighted by Gasteiger charge is 2.05. The van der Waals surface area contributed by atoms with Crippen LogP contribution in [0, 0.1) is 11.3 Å². The molecule has 1 aromatic carbocycles. The van der Waals surface area contributed by atoms with Crippen LogP contribution in [-0.4, -0.2) is 18.7 Å². The molecule has 0 saturated heterocycles. The van der Waals surface area contributed by atoms with E-state index in [-0.39, 0.29) is 6.61 Å². The van der Waals surface area contributed by atoms with Gasteiger partial charge in [0.2, 0.25) is 0 Å². The van der Waals surface area contributed by atoms with Crippen LogP contribution in [0.25, 0.3) is 0 Å². The van der Waals surface area contributed by atoms with Gasteiger partial charge in [0, 0.05) is 0 Å². The lowest BCUT2D eigenvalue weighted by atomic mass is 10.2. The van der Waals surface area contributed by atoms with Gasteiger partial charge < -0.3 is 9.15 Å². The van der Waals surface area contributed by atoms with E-state index >= 15 is 0 Å². The van der Waals surface area contributed by atoms with Crippen molar-refractivity contribution in [3.8, 4) is 11.8 Å². The molecule has 0 unspecified atom stereocenters. The number of nitriles is 1. The van der Waals surface area contributed by atoms with Gasteiger partial charge in [-0.15, -0.1) is 0 Å². The first kappa shape index (κ1) is 13.4. The molecule has 0 atom stereocenters. The molecule has 2 aromatic rings. The van der Waals surface area contributed by atoms with Crippen molar-refractivity contribution in [3.63, 3.8) is 0 Å². The van der Waals surface area contributed by atoms with Gasteiger partial charge >= 0.3 is 0 Å². The molecular weight excluding hydrogens is 258 g/mol. The number of hydrogen-bond donors (Lipinski definition) is 1. The molecule has 0 aliphatic heterocycles. The molecule has 1 heterocycles.